The van der Waals surface area contributed by atoms with E-state index in [1.165, 1.54) is 12.1 Å². The number of nitrogens with one attached hydrogen (secondary N) is 2. The number of amides is 1. The molecule has 1 saturated heterocycles. The average molecular weight is 357 g/mol. The number of benzene rings is 1. The van der Waals surface area contributed by atoms with Gasteiger partial charge in [0.05, 0.1) is 17.4 Å². The summed E-state index contributed by atoms with van der Waals surface area (Å²) in [6, 6.07) is 7.99. The second kappa shape index (κ2) is 8.33. The summed E-state index contributed by atoms with van der Waals surface area (Å²) in [6.07, 6.45) is 2.50. The molecule has 1 amide bonds. The van der Waals surface area contributed by atoms with Crippen molar-refractivity contribution in [3.63, 3.8) is 0 Å². The maximum absolute atomic E-state index is 12.9. The molecule has 8 heteroatoms. The van der Waals surface area contributed by atoms with Crippen LogP contribution in [0.1, 0.15) is 5.69 Å². The summed E-state index contributed by atoms with van der Waals surface area (Å²) in [7, 11) is 0. The lowest BCUT2D eigenvalue weighted by molar-refractivity contribution is -0.122. The van der Waals surface area contributed by atoms with Crippen molar-refractivity contribution in [1.29, 1.82) is 0 Å². The summed E-state index contributed by atoms with van der Waals surface area (Å²) < 4.78 is 14.6. The molecule has 0 bridgehead atoms. The van der Waals surface area contributed by atoms with Crippen molar-refractivity contribution in [2.75, 3.05) is 18.2 Å². The molecule has 0 aliphatic carbocycles. The number of nitrogens with zero attached hydrogens (tertiary/aromatic N) is 2. The van der Waals surface area contributed by atoms with Crippen molar-refractivity contribution in [2.45, 2.75) is 12.5 Å². The zero-order valence-corrected chi connectivity index (χ0v) is 14.0. The highest BCUT2D eigenvalue weighted by Gasteiger charge is 2.21. The van der Waals surface area contributed by atoms with E-state index in [0.29, 0.717) is 13.0 Å². The third kappa shape index (κ3) is 4.70. The van der Waals surface area contributed by atoms with Crippen LogP contribution in [0.2, 0.25) is 0 Å². The fourth-order valence-electron chi connectivity index (χ4n) is 2.23. The lowest BCUT2D eigenvalue weighted by atomic mass is 10.3. The minimum absolute atomic E-state index is 0. The molecule has 1 unspecified atom stereocenters. The van der Waals surface area contributed by atoms with Gasteiger partial charge in [0.15, 0.2) is 0 Å². The molecule has 1 fully saturated rings. The predicted octanol–water partition coefficient (Wildman–Crippen LogP) is 1.75. The van der Waals surface area contributed by atoms with E-state index in [-0.39, 0.29) is 30.2 Å². The zero-order chi connectivity index (χ0) is 15.4. The number of hydrogen-bond acceptors (Lipinski definition) is 4. The molecule has 1 atom stereocenters. The molecule has 1 aliphatic heterocycles. The number of halogens is 2. The second-order valence-electron chi connectivity index (χ2n) is 5.04. The highest BCUT2D eigenvalue weighted by atomic mass is 35.5. The van der Waals surface area contributed by atoms with E-state index in [2.05, 4.69) is 15.7 Å². The Morgan fingerprint density at radius 1 is 1.39 bits per heavy atom. The number of rotatable bonds is 5. The van der Waals surface area contributed by atoms with Gasteiger partial charge < -0.3 is 5.32 Å². The first kappa shape index (κ1) is 17.8. The van der Waals surface area contributed by atoms with Crippen molar-refractivity contribution in [3.05, 3.63) is 48.0 Å². The van der Waals surface area contributed by atoms with Gasteiger partial charge >= 0.3 is 0 Å². The summed E-state index contributed by atoms with van der Waals surface area (Å²) >= 11 is 1.73. The first-order chi connectivity index (χ1) is 10.7. The Balaban J connectivity index is 0.00000192. The number of carbonyl (C=O) groups is 1. The molecule has 0 saturated carbocycles. The van der Waals surface area contributed by atoms with Crippen LogP contribution in [-0.2, 0) is 11.2 Å². The highest BCUT2D eigenvalue weighted by Crippen LogP contribution is 2.10. The quantitative estimate of drug-likeness (QED) is 0.857. The summed E-state index contributed by atoms with van der Waals surface area (Å²) in [5.41, 5.74) is 1.70. The molecule has 2 heterocycles. The number of hydrogen-bond donors (Lipinski definition) is 2. The van der Waals surface area contributed by atoms with Gasteiger partial charge in [-0.25, -0.2) is 9.07 Å². The lowest BCUT2D eigenvalue weighted by Crippen LogP contribution is -2.42. The maximum Gasteiger partial charge on any atom is 0.238 e. The van der Waals surface area contributed by atoms with E-state index in [4.69, 9.17) is 0 Å². The fourth-order valence-corrected chi connectivity index (χ4v) is 3.18. The smallest absolute Gasteiger partial charge is 0.238 e. The lowest BCUT2D eigenvalue weighted by Gasteiger charge is -2.09. The van der Waals surface area contributed by atoms with E-state index in [1.54, 1.807) is 28.6 Å². The predicted molar refractivity (Wildman–Crippen MR) is 91.7 cm³/mol. The van der Waals surface area contributed by atoms with E-state index >= 15 is 0 Å². The van der Waals surface area contributed by atoms with Crippen LogP contribution in [0, 0.1) is 5.82 Å². The van der Waals surface area contributed by atoms with Crippen LogP contribution in [0.15, 0.2) is 36.5 Å². The molecule has 1 aromatic carbocycles. The van der Waals surface area contributed by atoms with Gasteiger partial charge in [-0.15, -0.1) is 24.2 Å². The van der Waals surface area contributed by atoms with Gasteiger partial charge in [0, 0.05) is 30.8 Å². The first-order valence-electron chi connectivity index (χ1n) is 7.12. The summed E-state index contributed by atoms with van der Waals surface area (Å²) in [5.74, 6) is 1.44. The molecule has 1 aliphatic rings. The topological polar surface area (TPSA) is 59.0 Å². The monoisotopic (exact) mass is 356 g/mol. The molecule has 124 valence electrons. The Labute approximate surface area is 144 Å². The molecule has 2 aromatic rings. The Hall–Kier alpha value is -1.57. The molecule has 5 nitrogen and oxygen atoms in total. The van der Waals surface area contributed by atoms with Gasteiger partial charge in [0.1, 0.15) is 5.82 Å². The van der Waals surface area contributed by atoms with Gasteiger partial charge in [0.2, 0.25) is 5.91 Å². The molecule has 0 radical (unpaired) electrons. The van der Waals surface area contributed by atoms with E-state index in [9.17, 15) is 9.18 Å². The van der Waals surface area contributed by atoms with Gasteiger partial charge in [0.25, 0.3) is 0 Å². The minimum atomic E-state index is -0.266. The molecular formula is C15H18ClFN4OS. The molecule has 1 aromatic heterocycles. The van der Waals surface area contributed by atoms with Crippen LogP contribution in [-0.4, -0.2) is 39.9 Å². The van der Waals surface area contributed by atoms with Crippen molar-refractivity contribution in [1.82, 2.24) is 20.4 Å². The van der Waals surface area contributed by atoms with Crippen LogP contribution < -0.4 is 10.6 Å². The summed E-state index contributed by atoms with van der Waals surface area (Å²) in [6.45, 7) is 0.558. The van der Waals surface area contributed by atoms with Crippen molar-refractivity contribution in [2.24, 2.45) is 0 Å². The number of carbonyl (C=O) groups excluding carboxylic acids is 1. The SMILES string of the molecule is Cl.O=C(NCCc1ccn(-c2ccc(F)cc2)n1)C1CSCN1. The number of aromatic nitrogens is 2. The largest absolute Gasteiger partial charge is 0.354 e. The summed E-state index contributed by atoms with van der Waals surface area (Å²) in [4.78, 5) is 11.8. The highest BCUT2D eigenvalue weighted by molar-refractivity contribution is 7.99. The normalized spacial score (nSPS) is 16.8. The third-order valence-electron chi connectivity index (χ3n) is 3.45. The van der Waals surface area contributed by atoms with Crippen molar-refractivity contribution in [3.8, 4) is 5.69 Å². The van der Waals surface area contributed by atoms with Crippen molar-refractivity contribution >= 4 is 30.1 Å². The Kier molecular flexibility index (Phi) is 6.44. The van der Waals surface area contributed by atoms with E-state index < -0.39 is 0 Å². The second-order valence-corrected chi connectivity index (χ2v) is 6.07. The number of thioether (sulfide) groups is 1. The average Bonchev–Trinajstić information content (AvgIpc) is 3.19. The molecular weight excluding hydrogens is 339 g/mol. The van der Waals surface area contributed by atoms with Gasteiger partial charge in [-0.05, 0) is 30.3 Å². The molecule has 2 N–H and O–H groups in total. The minimum Gasteiger partial charge on any atom is -0.354 e. The van der Waals surface area contributed by atoms with Crippen LogP contribution in [0.4, 0.5) is 4.39 Å². The van der Waals surface area contributed by atoms with E-state index in [1.807, 2.05) is 12.3 Å². The van der Waals surface area contributed by atoms with Crippen LogP contribution in [0.25, 0.3) is 5.69 Å². The maximum atomic E-state index is 12.9. The molecule has 0 spiro atoms. The zero-order valence-electron chi connectivity index (χ0n) is 12.4. The van der Waals surface area contributed by atoms with E-state index in [0.717, 1.165) is 23.0 Å². The van der Waals surface area contributed by atoms with Gasteiger partial charge in [-0.3, -0.25) is 10.1 Å². The Bertz CT molecular complexity index is 643. The Morgan fingerprint density at radius 3 is 2.87 bits per heavy atom. The van der Waals surface area contributed by atoms with Crippen LogP contribution >= 0.6 is 24.2 Å². The first-order valence-corrected chi connectivity index (χ1v) is 8.27. The molecule has 3 rings (SSSR count). The molecule has 23 heavy (non-hydrogen) atoms. The standard InChI is InChI=1S/C15H17FN4OS.ClH/c16-11-1-3-13(4-2-11)20-8-6-12(19-20)5-7-17-15(21)14-9-22-10-18-14;/h1-4,6,8,14,18H,5,7,9-10H2,(H,17,21);1H. The van der Waals surface area contributed by atoms with Crippen LogP contribution in [0.5, 0.6) is 0 Å². The third-order valence-corrected chi connectivity index (χ3v) is 4.39. The van der Waals surface area contributed by atoms with Gasteiger partial charge in [-0.2, -0.15) is 5.10 Å². The van der Waals surface area contributed by atoms with Crippen molar-refractivity contribution < 1.29 is 9.18 Å². The fraction of sp³-hybridized carbons (Fsp3) is 0.333. The van der Waals surface area contributed by atoms with Crippen LogP contribution in [0.3, 0.4) is 0 Å². The Morgan fingerprint density at radius 2 is 2.17 bits per heavy atom. The summed E-state index contributed by atoms with van der Waals surface area (Å²) in [5, 5.41) is 10.5. The van der Waals surface area contributed by atoms with Gasteiger partial charge in [-0.1, -0.05) is 0 Å².